The van der Waals surface area contributed by atoms with Crippen LogP contribution in [0.5, 0.6) is 0 Å². The van der Waals surface area contributed by atoms with E-state index in [9.17, 15) is 22.4 Å². The lowest BCUT2D eigenvalue weighted by Gasteiger charge is -2.18. The van der Waals surface area contributed by atoms with Crippen molar-refractivity contribution in [2.45, 2.75) is 25.4 Å². The Morgan fingerprint density at radius 1 is 1.32 bits per heavy atom. The molecule has 0 aliphatic heterocycles. The van der Waals surface area contributed by atoms with Gasteiger partial charge in [-0.3, -0.25) is 4.79 Å². The molecule has 0 amide bonds. The minimum Gasteiger partial charge on any atom is -0.364 e. The van der Waals surface area contributed by atoms with Crippen LogP contribution in [-0.4, -0.2) is 30.8 Å². The van der Waals surface area contributed by atoms with Crippen LogP contribution in [0.1, 0.15) is 17.3 Å². The number of benzene rings is 1. The van der Waals surface area contributed by atoms with Gasteiger partial charge in [-0.2, -0.15) is 8.78 Å². The van der Waals surface area contributed by atoms with Crippen molar-refractivity contribution in [1.82, 2.24) is 0 Å². The van der Waals surface area contributed by atoms with E-state index in [0.717, 1.165) is 0 Å². The van der Waals surface area contributed by atoms with E-state index in [-0.39, 0.29) is 5.56 Å². The van der Waals surface area contributed by atoms with Crippen molar-refractivity contribution in [2.75, 3.05) is 6.61 Å². The van der Waals surface area contributed by atoms with Crippen molar-refractivity contribution >= 4 is 17.4 Å². The first-order valence-corrected chi connectivity index (χ1v) is 5.69. The maximum Gasteiger partial charge on any atom is 0.330 e. The summed E-state index contributed by atoms with van der Waals surface area (Å²) in [4.78, 5) is 11.7. The van der Waals surface area contributed by atoms with Gasteiger partial charge in [-0.25, -0.2) is 8.78 Å². The van der Waals surface area contributed by atoms with E-state index in [0.29, 0.717) is 5.02 Å². The van der Waals surface area contributed by atoms with E-state index in [4.69, 9.17) is 11.6 Å². The van der Waals surface area contributed by atoms with Crippen LogP contribution in [0.4, 0.5) is 17.6 Å². The molecular weight excluding hydrogens is 288 g/mol. The number of hydrogen-bond donors (Lipinski definition) is 0. The summed E-state index contributed by atoms with van der Waals surface area (Å²) < 4.78 is 53.5. The highest BCUT2D eigenvalue weighted by molar-refractivity contribution is 6.30. The number of ketones is 1. The molecule has 0 saturated heterocycles. The molecule has 0 saturated carbocycles. The predicted molar refractivity (Wildman–Crippen MR) is 62.1 cm³/mol. The third kappa shape index (κ3) is 4.47. The van der Waals surface area contributed by atoms with Gasteiger partial charge < -0.3 is 4.74 Å². The summed E-state index contributed by atoms with van der Waals surface area (Å²) >= 11 is 5.63. The molecule has 0 fully saturated rings. The van der Waals surface area contributed by atoms with E-state index in [1.165, 1.54) is 31.2 Å². The summed E-state index contributed by atoms with van der Waals surface area (Å²) in [5, 5.41) is 0.411. The van der Waals surface area contributed by atoms with E-state index in [1.807, 2.05) is 0 Å². The van der Waals surface area contributed by atoms with Gasteiger partial charge in [0.05, 0.1) is 0 Å². The van der Waals surface area contributed by atoms with Crippen molar-refractivity contribution in [2.24, 2.45) is 0 Å². The van der Waals surface area contributed by atoms with Gasteiger partial charge in [0, 0.05) is 10.6 Å². The lowest BCUT2D eigenvalue weighted by atomic mass is 10.1. The summed E-state index contributed by atoms with van der Waals surface area (Å²) in [5.74, 6) is -4.85. The van der Waals surface area contributed by atoms with Crippen LogP contribution in [0.25, 0.3) is 0 Å². The molecule has 0 aromatic heterocycles. The van der Waals surface area contributed by atoms with Crippen LogP contribution in [0.15, 0.2) is 24.3 Å². The van der Waals surface area contributed by atoms with E-state index >= 15 is 0 Å². The average molecular weight is 299 g/mol. The van der Waals surface area contributed by atoms with Crippen molar-refractivity contribution < 1.29 is 27.1 Å². The molecule has 0 aliphatic carbocycles. The number of ether oxygens (including phenoxy) is 1. The highest BCUT2D eigenvalue weighted by Gasteiger charge is 2.41. The number of hydrogen-bond acceptors (Lipinski definition) is 2. The summed E-state index contributed by atoms with van der Waals surface area (Å²) in [7, 11) is 0. The topological polar surface area (TPSA) is 26.3 Å². The van der Waals surface area contributed by atoms with Crippen LogP contribution in [0, 0.1) is 0 Å². The molecule has 0 aliphatic rings. The first-order chi connectivity index (χ1) is 8.74. The minimum atomic E-state index is -4.27. The first-order valence-electron chi connectivity index (χ1n) is 5.31. The number of halogens is 5. The number of carbonyl (C=O) groups is 1. The molecule has 19 heavy (non-hydrogen) atoms. The quantitative estimate of drug-likeness (QED) is 0.589. The number of rotatable bonds is 6. The SMILES string of the molecule is CC(OCC(F)(F)C(F)F)C(=O)c1ccc(Cl)cc1. The third-order valence-electron chi connectivity index (χ3n) is 2.34. The largest absolute Gasteiger partial charge is 0.364 e. The fourth-order valence-electron chi connectivity index (χ4n) is 1.22. The molecule has 7 heteroatoms. The Kier molecular flexibility index (Phi) is 5.31. The smallest absolute Gasteiger partial charge is 0.330 e. The maximum atomic E-state index is 12.6. The van der Waals surface area contributed by atoms with Crippen LogP contribution in [-0.2, 0) is 4.74 Å². The van der Waals surface area contributed by atoms with Crippen molar-refractivity contribution in [3.8, 4) is 0 Å². The summed E-state index contributed by atoms with van der Waals surface area (Å²) in [6.45, 7) is -0.288. The fourth-order valence-corrected chi connectivity index (χ4v) is 1.35. The Balaban J connectivity index is 2.61. The fraction of sp³-hybridized carbons (Fsp3) is 0.417. The molecule has 1 unspecified atom stereocenters. The molecular formula is C12H11ClF4O2. The van der Waals surface area contributed by atoms with E-state index in [1.54, 1.807) is 0 Å². The standard InChI is InChI=1S/C12H11ClF4O2/c1-7(19-6-12(16,17)11(14)15)10(18)8-2-4-9(13)5-3-8/h2-5,7,11H,6H2,1H3. The van der Waals surface area contributed by atoms with Gasteiger partial charge in [-0.15, -0.1) is 0 Å². The van der Waals surface area contributed by atoms with Gasteiger partial charge in [0.1, 0.15) is 12.7 Å². The molecule has 0 bridgehead atoms. The molecule has 1 atom stereocenters. The van der Waals surface area contributed by atoms with Gasteiger partial charge in [-0.1, -0.05) is 11.6 Å². The number of alkyl halides is 4. The average Bonchev–Trinajstić information content (AvgIpc) is 2.36. The van der Waals surface area contributed by atoms with Crippen LogP contribution in [0.2, 0.25) is 5.02 Å². The second kappa shape index (κ2) is 6.34. The second-order valence-corrected chi connectivity index (χ2v) is 4.32. The van der Waals surface area contributed by atoms with Crippen molar-refractivity contribution in [1.29, 1.82) is 0 Å². The van der Waals surface area contributed by atoms with Crippen molar-refractivity contribution in [3.63, 3.8) is 0 Å². The van der Waals surface area contributed by atoms with Gasteiger partial charge in [0.15, 0.2) is 5.78 Å². The molecule has 1 aromatic rings. The Morgan fingerprint density at radius 2 is 1.84 bits per heavy atom. The molecule has 2 nitrogen and oxygen atoms in total. The number of Topliss-reactive ketones (excluding diaryl/α,β-unsaturated/α-hetero) is 1. The molecule has 0 spiro atoms. The van der Waals surface area contributed by atoms with Crippen LogP contribution >= 0.6 is 11.6 Å². The molecule has 0 radical (unpaired) electrons. The third-order valence-corrected chi connectivity index (χ3v) is 2.59. The lowest BCUT2D eigenvalue weighted by molar-refractivity contribution is -0.170. The van der Waals surface area contributed by atoms with Gasteiger partial charge in [0.25, 0.3) is 0 Å². The van der Waals surface area contributed by atoms with Gasteiger partial charge in [-0.05, 0) is 31.2 Å². The summed E-state index contributed by atoms with van der Waals surface area (Å²) in [5.41, 5.74) is 0.206. The molecule has 1 aromatic carbocycles. The second-order valence-electron chi connectivity index (χ2n) is 3.89. The Labute approximate surface area is 112 Å². The molecule has 0 N–H and O–H groups in total. The first kappa shape index (κ1) is 15.9. The summed E-state index contributed by atoms with van der Waals surface area (Å²) in [6.07, 6.45) is -5.07. The minimum absolute atomic E-state index is 0.206. The Hall–Kier alpha value is -1.14. The van der Waals surface area contributed by atoms with E-state index < -0.39 is 30.8 Å². The van der Waals surface area contributed by atoms with Crippen LogP contribution < -0.4 is 0 Å². The van der Waals surface area contributed by atoms with Gasteiger partial charge >= 0.3 is 12.3 Å². The van der Waals surface area contributed by atoms with Gasteiger partial charge in [0.2, 0.25) is 0 Å². The molecule has 106 valence electrons. The maximum absolute atomic E-state index is 12.6. The predicted octanol–water partition coefficient (Wildman–Crippen LogP) is 3.83. The lowest BCUT2D eigenvalue weighted by Crippen LogP contribution is -2.35. The highest BCUT2D eigenvalue weighted by atomic mass is 35.5. The zero-order chi connectivity index (χ0) is 14.6. The normalized spacial score (nSPS) is 13.6. The molecule has 0 heterocycles. The summed E-state index contributed by atoms with van der Waals surface area (Å²) in [6, 6.07) is 5.70. The zero-order valence-corrected chi connectivity index (χ0v) is 10.6. The van der Waals surface area contributed by atoms with Crippen LogP contribution in [0.3, 0.4) is 0 Å². The number of carbonyl (C=O) groups excluding carboxylic acids is 1. The monoisotopic (exact) mass is 298 g/mol. The molecule has 1 rings (SSSR count). The Morgan fingerprint density at radius 3 is 2.32 bits per heavy atom. The highest BCUT2D eigenvalue weighted by Crippen LogP contribution is 2.24. The Bertz CT molecular complexity index is 434. The zero-order valence-electron chi connectivity index (χ0n) is 9.88. The van der Waals surface area contributed by atoms with Crippen molar-refractivity contribution in [3.05, 3.63) is 34.9 Å². The van der Waals surface area contributed by atoms with E-state index in [2.05, 4.69) is 4.74 Å².